The summed E-state index contributed by atoms with van der Waals surface area (Å²) in [6, 6.07) is -0.756. The van der Waals surface area contributed by atoms with Crippen molar-refractivity contribution in [3.63, 3.8) is 0 Å². The summed E-state index contributed by atoms with van der Waals surface area (Å²) >= 11 is 0. The Morgan fingerprint density at radius 1 is 0.589 bits per heavy atom. The van der Waals surface area contributed by atoms with Crippen molar-refractivity contribution in [3.05, 3.63) is 12.2 Å². The lowest BCUT2D eigenvalue weighted by atomic mass is 10.0. The second-order valence-corrected chi connectivity index (χ2v) is 19.3. The van der Waals surface area contributed by atoms with Crippen LogP contribution in [0.3, 0.4) is 0 Å². The number of rotatable bonds is 44. The van der Waals surface area contributed by atoms with Crippen LogP contribution in [0.5, 0.6) is 0 Å². The zero-order valence-electron chi connectivity index (χ0n) is 37.9. The molecule has 0 aromatic carbocycles. The van der Waals surface area contributed by atoms with Crippen molar-refractivity contribution in [2.75, 3.05) is 40.9 Å². The summed E-state index contributed by atoms with van der Waals surface area (Å²) in [5.74, 6) is -0.143. The molecule has 0 radical (unpaired) electrons. The van der Waals surface area contributed by atoms with Crippen LogP contribution in [0, 0.1) is 0 Å². The molecule has 0 bridgehead atoms. The maximum atomic E-state index is 12.9. The largest absolute Gasteiger partial charge is 0.472 e. The zero-order chi connectivity index (χ0) is 41.4. The van der Waals surface area contributed by atoms with E-state index in [-0.39, 0.29) is 19.1 Å². The van der Waals surface area contributed by atoms with Gasteiger partial charge in [-0.15, -0.1) is 0 Å². The second kappa shape index (κ2) is 39.7. The number of quaternary nitrogens is 1. The van der Waals surface area contributed by atoms with E-state index in [9.17, 15) is 19.4 Å². The van der Waals surface area contributed by atoms with Crippen LogP contribution in [0.25, 0.3) is 0 Å². The summed E-state index contributed by atoms with van der Waals surface area (Å²) in [5, 5.41) is 14.0. The Morgan fingerprint density at radius 3 is 1.38 bits per heavy atom. The SMILES string of the molecule is CCCCCCCC/C=C/CCCCCCCCCCCCCC(=O)N[C@@H](COP(=O)(O)OCC[N+](C)(C)C)[C@H](O)CCCCCCCCCCCCCCC. The fourth-order valence-electron chi connectivity index (χ4n) is 7.16. The van der Waals surface area contributed by atoms with Gasteiger partial charge in [0, 0.05) is 6.42 Å². The lowest BCUT2D eigenvalue weighted by Crippen LogP contribution is -2.46. The Bertz CT molecular complexity index is 927. The van der Waals surface area contributed by atoms with Crippen molar-refractivity contribution in [2.45, 2.75) is 244 Å². The Labute approximate surface area is 348 Å². The molecular formula is C47H96N2O6P+. The first kappa shape index (κ1) is 55.2. The van der Waals surface area contributed by atoms with E-state index >= 15 is 0 Å². The third-order valence-electron chi connectivity index (χ3n) is 11.0. The van der Waals surface area contributed by atoms with Crippen molar-refractivity contribution >= 4 is 13.7 Å². The lowest BCUT2D eigenvalue weighted by molar-refractivity contribution is -0.870. The number of phosphoric acid groups is 1. The van der Waals surface area contributed by atoms with Gasteiger partial charge in [0.2, 0.25) is 5.91 Å². The van der Waals surface area contributed by atoms with Crippen LogP contribution < -0.4 is 5.32 Å². The molecular weight excluding hydrogens is 719 g/mol. The number of hydrogen-bond acceptors (Lipinski definition) is 5. The maximum Gasteiger partial charge on any atom is 0.472 e. The number of aliphatic hydroxyl groups excluding tert-OH is 1. The van der Waals surface area contributed by atoms with Gasteiger partial charge in [0.15, 0.2) is 0 Å². The monoisotopic (exact) mass is 816 g/mol. The fraction of sp³-hybridized carbons (Fsp3) is 0.936. The molecule has 0 rings (SSSR count). The average Bonchev–Trinajstić information content (AvgIpc) is 3.15. The molecule has 0 spiro atoms. The quantitative estimate of drug-likeness (QED) is 0.0245. The van der Waals surface area contributed by atoms with Gasteiger partial charge in [-0.3, -0.25) is 13.8 Å². The summed E-state index contributed by atoms with van der Waals surface area (Å²) < 4.78 is 23.6. The minimum absolute atomic E-state index is 0.0767. The summed E-state index contributed by atoms with van der Waals surface area (Å²) in [5.41, 5.74) is 0. The number of phosphoric ester groups is 1. The van der Waals surface area contributed by atoms with E-state index in [1.165, 1.54) is 167 Å². The number of likely N-dealkylation sites (N-methyl/N-ethyl adjacent to an activating group) is 1. The number of allylic oxidation sites excluding steroid dienone is 2. The molecule has 3 atom stereocenters. The molecule has 0 aliphatic rings. The molecule has 1 amide bonds. The molecule has 0 aliphatic carbocycles. The van der Waals surface area contributed by atoms with Crippen molar-refractivity contribution in [2.24, 2.45) is 0 Å². The fourth-order valence-corrected chi connectivity index (χ4v) is 7.89. The first-order valence-electron chi connectivity index (χ1n) is 24.1. The Balaban J connectivity index is 4.24. The standard InChI is InChI=1S/C47H95N2O6P/c1-6-8-10-12-14-16-18-20-21-22-23-24-25-26-27-29-31-33-35-37-39-41-47(51)48-45(44-55-56(52,53)54-43-42-49(3,4)5)46(50)40-38-36-34-32-30-28-19-17-15-13-11-9-7-2/h20-21,45-46,50H,6-19,22-44H2,1-5H3,(H-,48,51,52,53)/p+1/b21-20+/t45-,46+/m0/s1. The van der Waals surface area contributed by atoms with E-state index in [2.05, 4.69) is 31.3 Å². The van der Waals surface area contributed by atoms with Gasteiger partial charge in [0.25, 0.3) is 0 Å². The number of carbonyl (C=O) groups is 1. The summed E-state index contributed by atoms with van der Waals surface area (Å²) in [4.78, 5) is 23.2. The molecule has 334 valence electrons. The molecule has 9 heteroatoms. The number of nitrogens with one attached hydrogen (secondary N) is 1. The number of aliphatic hydroxyl groups is 1. The van der Waals surface area contributed by atoms with E-state index in [1.807, 2.05) is 21.1 Å². The Morgan fingerprint density at radius 2 is 0.964 bits per heavy atom. The molecule has 1 unspecified atom stereocenters. The highest BCUT2D eigenvalue weighted by Crippen LogP contribution is 2.43. The smallest absolute Gasteiger partial charge is 0.391 e. The average molecular weight is 816 g/mol. The normalized spacial score (nSPS) is 14.3. The highest BCUT2D eigenvalue weighted by molar-refractivity contribution is 7.47. The molecule has 0 fully saturated rings. The summed E-state index contributed by atoms with van der Waals surface area (Å²) in [6.45, 7) is 4.90. The number of hydrogen-bond donors (Lipinski definition) is 3. The Hall–Kier alpha value is -0.760. The minimum atomic E-state index is -4.31. The van der Waals surface area contributed by atoms with Crippen LogP contribution in [0.2, 0.25) is 0 Å². The number of amides is 1. The van der Waals surface area contributed by atoms with Crippen LogP contribution in [-0.2, 0) is 18.4 Å². The lowest BCUT2D eigenvalue weighted by Gasteiger charge is -2.26. The van der Waals surface area contributed by atoms with Crippen LogP contribution in [-0.4, -0.2) is 73.4 Å². The number of nitrogens with zero attached hydrogens (tertiary/aromatic N) is 1. The van der Waals surface area contributed by atoms with Gasteiger partial charge < -0.3 is 19.8 Å². The van der Waals surface area contributed by atoms with Crippen molar-refractivity contribution in [1.29, 1.82) is 0 Å². The highest BCUT2D eigenvalue weighted by Gasteiger charge is 2.28. The van der Waals surface area contributed by atoms with E-state index in [4.69, 9.17) is 9.05 Å². The molecule has 0 aromatic heterocycles. The van der Waals surface area contributed by atoms with Gasteiger partial charge in [0.05, 0.1) is 39.9 Å². The minimum Gasteiger partial charge on any atom is -0.391 e. The van der Waals surface area contributed by atoms with E-state index in [1.54, 1.807) is 0 Å². The molecule has 0 aromatic rings. The van der Waals surface area contributed by atoms with E-state index in [0.29, 0.717) is 23.9 Å². The summed E-state index contributed by atoms with van der Waals surface area (Å²) in [7, 11) is 1.62. The van der Waals surface area contributed by atoms with Gasteiger partial charge in [-0.2, -0.15) is 0 Å². The van der Waals surface area contributed by atoms with Gasteiger partial charge >= 0.3 is 7.82 Å². The van der Waals surface area contributed by atoms with Gasteiger partial charge in [-0.05, 0) is 38.5 Å². The van der Waals surface area contributed by atoms with E-state index < -0.39 is 20.0 Å². The maximum absolute atomic E-state index is 12.9. The molecule has 0 saturated heterocycles. The molecule has 56 heavy (non-hydrogen) atoms. The predicted molar refractivity (Wildman–Crippen MR) is 240 cm³/mol. The zero-order valence-corrected chi connectivity index (χ0v) is 38.8. The van der Waals surface area contributed by atoms with Crippen LogP contribution in [0.15, 0.2) is 12.2 Å². The molecule has 3 N–H and O–H groups in total. The van der Waals surface area contributed by atoms with Gasteiger partial charge in [0.1, 0.15) is 13.2 Å². The van der Waals surface area contributed by atoms with Crippen LogP contribution in [0.4, 0.5) is 0 Å². The second-order valence-electron chi connectivity index (χ2n) is 17.8. The molecule has 0 saturated carbocycles. The topological polar surface area (TPSA) is 105 Å². The van der Waals surface area contributed by atoms with Crippen molar-refractivity contribution in [3.8, 4) is 0 Å². The Kier molecular flexibility index (Phi) is 39.1. The molecule has 8 nitrogen and oxygen atoms in total. The molecule has 0 aliphatic heterocycles. The third kappa shape index (κ3) is 41.4. The van der Waals surface area contributed by atoms with E-state index in [0.717, 1.165) is 38.5 Å². The van der Waals surface area contributed by atoms with Crippen molar-refractivity contribution < 1.29 is 32.9 Å². The van der Waals surface area contributed by atoms with Crippen LogP contribution >= 0.6 is 7.82 Å². The predicted octanol–water partition coefficient (Wildman–Crippen LogP) is 13.5. The number of carbonyl (C=O) groups excluding carboxylic acids is 1. The van der Waals surface area contributed by atoms with Gasteiger partial charge in [-0.1, -0.05) is 199 Å². The third-order valence-corrected chi connectivity index (χ3v) is 12.0. The van der Waals surface area contributed by atoms with Gasteiger partial charge in [-0.25, -0.2) is 4.57 Å². The number of unbranched alkanes of at least 4 members (excludes halogenated alkanes) is 29. The van der Waals surface area contributed by atoms with Crippen LogP contribution in [0.1, 0.15) is 232 Å². The first-order valence-corrected chi connectivity index (χ1v) is 25.5. The highest BCUT2D eigenvalue weighted by atomic mass is 31.2. The molecule has 0 heterocycles. The summed E-state index contributed by atoms with van der Waals surface area (Å²) in [6.07, 6.45) is 45.2. The van der Waals surface area contributed by atoms with Crippen molar-refractivity contribution in [1.82, 2.24) is 5.32 Å². The first-order chi connectivity index (χ1) is 27.0.